The van der Waals surface area contributed by atoms with Gasteiger partial charge >= 0.3 is 0 Å². The number of benzene rings is 1. The molecule has 2 aromatic rings. The minimum atomic E-state index is -0.182. The van der Waals surface area contributed by atoms with E-state index in [0.29, 0.717) is 5.95 Å². The summed E-state index contributed by atoms with van der Waals surface area (Å²) >= 11 is 0. The van der Waals surface area contributed by atoms with Gasteiger partial charge in [0, 0.05) is 30.4 Å². The summed E-state index contributed by atoms with van der Waals surface area (Å²) in [6.07, 6.45) is 3.31. The van der Waals surface area contributed by atoms with E-state index >= 15 is 0 Å². The number of nitrogens with two attached hydrogens (primary N) is 1. The second kappa shape index (κ2) is 8.12. The van der Waals surface area contributed by atoms with E-state index < -0.39 is 0 Å². The van der Waals surface area contributed by atoms with Crippen molar-refractivity contribution >= 4 is 23.2 Å². The van der Waals surface area contributed by atoms with Crippen molar-refractivity contribution < 1.29 is 4.79 Å². The average molecular weight is 354 g/mol. The molecule has 0 unspecified atom stereocenters. The minimum Gasteiger partial charge on any atom is -0.371 e. The maximum absolute atomic E-state index is 11.3. The summed E-state index contributed by atoms with van der Waals surface area (Å²) in [7, 11) is 0. The zero-order valence-electron chi connectivity index (χ0n) is 15.4. The Labute approximate surface area is 154 Å². The lowest BCUT2D eigenvalue weighted by Crippen LogP contribution is -2.38. The second-order valence-corrected chi connectivity index (χ2v) is 6.57. The van der Waals surface area contributed by atoms with Gasteiger partial charge in [0.05, 0.1) is 11.4 Å². The number of hydrogen-bond donors (Lipinski definition) is 2. The van der Waals surface area contributed by atoms with Crippen LogP contribution >= 0.6 is 0 Å². The van der Waals surface area contributed by atoms with Crippen molar-refractivity contribution in [3.63, 3.8) is 0 Å². The van der Waals surface area contributed by atoms with Crippen molar-refractivity contribution in [3.05, 3.63) is 35.7 Å². The van der Waals surface area contributed by atoms with Crippen LogP contribution in [-0.2, 0) is 17.6 Å². The van der Waals surface area contributed by atoms with E-state index in [9.17, 15) is 4.79 Å². The van der Waals surface area contributed by atoms with E-state index in [1.165, 1.54) is 0 Å². The molecule has 1 aromatic heterocycles. The first-order chi connectivity index (χ1) is 12.6. The predicted octanol–water partition coefficient (Wildman–Crippen LogP) is 2.44. The zero-order valence-corrected chi connectivity index (χ0v) is 15.4. The van der Waals surface area contributed by atoms with Crippen LogP contribution in [0, 0.1) is 5.92 Å². The van der Waals surface area contributed by atoms with Crippen molar-refractivity contribution in [1.29, 1.82) is 0 Å². The van der Waals surface area contributed by atoms with E-state index in [-0.39, 0.29) is 11.8 Å². The van der Waals surface area contributed by atoms with Gasteiger partial charge < -0.3 is 16.0 Å². The maximum Gasteiger partial charge on any atom is 0.247 e. The molecular weight excluding hydrogens is 328 g/mol. The molecule has 1 aromatic carbocycles. The fourth-order valence-corrected chi connectivity index (χ4v) is 3.30. The number of aromatic nitrogens is 3. The van der Waals surface area contributed by atoms with E-state index in [0.717, 1.165) is 61.5 Å². The highest BCUT2D eigenvalue weighted by Gasteiger charge is 2.23. The zero-order chi connectivity index (χ0) is 18.5. The topological polar surface area (TPSA) is 97.0 Å². The minimum absolute atomic E-state index is 0.00990. The molecule has 0 radical (unpaired) electrons. The second-order valence-electron chi connectivity index (χ2n) is 6.57. The van der Waals surface area contributed by atoms with Crippen LogP contribution in [0.4, 0.5) is 17.3 Å². The molecule has 0 spiro atoms. The Bertz CT molecular complexity index is 753. The number of aryl methyl sites for hydroxylation is 2. The molecule has 0 atom stereocenters. The fourth-order valence-electron chi connectivity index (χ4n) is 3.30. The molecule has 2 heterocycles. The normalized spacial score (nSPS) is 15.1. The molecule has 0 bridgehead atoms. The van der Waals surface area contributed by atoms with Gasteiger partial charge in [-0.25, -0.2) is 4.98 Å². The first-order valence-corrected chi connectivity index (χ1v) is 9.24. The Morgan fingerprint density at radius 2 is 1.77 bits per heavy atom. The fraction of sp³-hybridized carbons (Fsp3) is 0.474. The van der Waals surface area contributed by atoms with Gasteiger partial charge in [-0.2, -0.15) is 0 Å². The van der Waals surface area contributed by atoms with Gasteiger partial charge in [0.25, 0.3) is 0 Å². The van der Waals surface area contributed by atoms with Crippen molar-refractivity contribution in [2.45, 2.75) is 39.5 Å². The quantitative estimate of drug-likeness (QED) is 0.827. The third-order valence-electron chi connectivity index (χ3n) is 4.90. The SMILES string of the molecule is CCc1nnc(Nc2ccc(N3CCC(C(N)=O)CC3)cc2)nc1CC. The maximum atomic E-state index is 11.3. The van der Waals surface area contributed by atoms with Crippen molar-refractivity contribution in [2.24, 2.45) is 11.7 Å². The highest BCUT2D eigenvalue weighted by molar-refractivity contribution is 5.77. The van der Waals surface area contributed by atoms with Crippen LogP contribution in [0.5, 0.6) is 0 Å². The van der Waals surface area contributed by atoms with Crippen LogP contribution in [-0.4, -0.2) is 34.2 Å². The third kappa shape index (κ3) is 4.09. The number of nitrogens with one attached hydrogen (secondary N) is 1. The molecule has 7 heteroatoms. The van der Waals surface area contributed by atoms with Crippen LogP contribution < -0.4 is 16.0 Å². The molecule has 1 aliphatic rings. The standard InChI is InChI=1S/C19H26N6O/c1-3-16-17(4-2)23-24-19(22-16)21-14-5-7-15(8-6-14)25-11-9-13(10-12-25)18(20)26/h5-8,13H,3-4,9-12H2,1-2H3,(H2,20,26)(H,21,22,24). The Morgan fingerprint density at radius 3 is 2.35 bits per heavy atom. The molecule has 3 rings (SSSR count). The lowest BCUT2D eigenvalue weighted by atomic mass is 9.96. The number of nitrogens with zero attached hydrogens (tertiary/aromatic N) is 4. The number of carbonyl (C=O) groups is 1. The van der Waals surface area contributed by atoms with Gasteiger partial charge in [-0.15, -0.1) is 10.2 Å². The summed E-state index contributed by atoms with van der Waals surface area (Å²) < 4.78 is 0. The smallest absolute Gasteiger partial charge is 0.247 e. The highest BCUT2D eigenvalue weighted by atomic mass is 16.1. The molecule has 7 nitrogen and oxygen atoms in total. The number of amides is 1. The lowest BCUT2D eigenvalue weighted by molar-refractivity contribution is -0.122. The summed E-state index contributed by atoms with van der Waals surface area (Å²) in [5.74, 6) is 0.350. The molecule has 0 saturated carbocycles. The summed E-state index contributed by atoms with van der Waals surface area (Å²) in [5, 5.41) is 11.6. The van der Waals surface area contributed by atoms with Crippen molar-refractivity contribution in [3.8, 4) is 0 Å². The Morgan fingerprint density at radius 1 is 1.12 bits per heavy atom. The summed E-state index contributed by atoms with van der Waals surface area (Å²) in [6.45, 7) is 5.84. The molecule has 1 amide bonds. The van der Waals surface area contributed by atoms with Gasteiger partial charge in [-0.05, 0) is 49.9 Å². The molecule has 1 saturated heterocycles. The first-order valence-electron chi connectivity index (χ1n) is 9.24. The predicted molar refractivity (Wildman–Crippen MR) is 102 cm³/mol. The summed E-state index contributed by atoms with van der Waals surface area (Å²) in [4.78, 5) is 18.1. The number of carbonyl (C=O) groups excluding carboxylic acids is 1. The number of hydrogen-bond acceptors (Lipinski definition) is 6. The highest BCUT2D eigenvalue weighted by Crippen LogP contribution is 2.25. The van der Waals surface area contributed by atoms with Crippen LogP contribution in [0.3, 0.4) is 0 Å². The molecule has 0 aliphatic carbocycles. The van der Waals surface area contributed by atoms with Gasteiger partial charge in [0.1, 0.15) is 0 Å². The number of primary amides is 1. The van der Waals surface area contributed by atoms with Gasteiger partial charge in [0.15, 0.2) is 0 Å². The van der Waals surface area contributed by atoms with E-state index in [1.54, 1.807) is 0 Å². The number of piperidine rings is 1. The van der Waals surface area contributed by atoms with Crippen LogP contribution in [0.15, 0.2) is 24.3 Å². The molecule has 138 valence electrons. The van der Waals surface area contributed by atoms with Crippen molar-refractivity contribution in [2.75, 3.05) is 23.3 Å². The summed E-state index contributed by atoms with van der Waals surface area (Å²) in [6, 6.07) is 8.17. The van der Waals surface area contributed by atoms with Crippen molar-refractivity contribution in [1.82, 2.24) is 15.2 Å². The van der Waals surface area contributed by atoms with Crippen LogP contribution in [0.2, 0.25) is 0 Å². The van der Waals surface area contributed by atoms with Gasteiger partial charge in [-0.3, -0.25) is 4.79 Å². The van der Waals surface area contributed by atoms with E-state index in [2.05, 4.69) is 51.4 Å². The molecule has 1 fully saturated rings. The van der Waals surface area contributed by atoms with Gasteiger partial charge in [-0.1, -0.05) is 13.8 Å². The van der Waals surface area contributed by atoms with Gasteiger partial charge in [0.2, 0.25) is 11.9 Å². The lowest BCUT2D eigenvalue weighted by Gasteiger charge is -2.32. The summed E-state index contributed by atoms with van der Waals surface area (Å²) in [5.41, 5.74) is 9.41. The Balaban J connectivity index is 1.64. The number of rotatable bonds is 6. The van der Waals surface area contributed by atoms with Crippen LogP contribution in [0.1, 0.15) is 38.1 Å². The molecular formula is C19H26N6O. The molecule has 3 N–H and O–H groups in total. The van der Waals surface area contributed by atoms with Crippen LogP contribution in [0.25, 0.3) is 0 Å². The molecule has 1 aliphatic heterocycles. The average Bonchev–Trinajstić information content (AvgIpc) is 2.68. The Hall–Kier alpha value is -2.70. The Kier molecular flexibility index (Phi) is 5.65. The first kappa shape index (κ1) is 18.1. The molecule has 26 heavy (non-hydrogen) atoms. The number of anilines is 3. The van der Waals surface area contributed by atoms with E-state index in [4.69, 9.17) is 5.73 Å². The monoisotopic (exact) mass is 354 g/mol. The third-order valence-corrected chi connectivity index (χ3v) is 4.90. The largest absolute Gasteiger partial charge is 0.371 e. The van der Waals surface area contributed by atoms with E-state index in [1.807, 2.05) is 12.1 Å².